The molecule has 2 rings (SSSR count). The third kappa shape index (κ3) is 3.30. The third-order valence-electron chi connectivity index (χ3n) is 2.99. The normalized spacial score (nSPS) is 15.9. The van der Waals surface area contributed by atoms with E-state index in [9.17, 15) is 4.79 Å². The largest absolute Gasteiger partial charge is 0.378 e. The van der Waals surface area contributed by atoms with Gasteiger partial charge in [0.15, 0.2) is 5.82 Å². The first-order valence-electron chi connectivity index (χ1n) is 6.37. The number of aromatic amines is 1. The van der Waals surface area contributed by atoms with Gasteiger partial charge in [0.1, 0.15) is 0 Å². The first-order valence-corrected chi connectivity index (χ1v) is 6.37. The van der Waals surface area contributed by atoms with Gasteiger partial charge in [0.2, 0.25) is 0 Å². The summed E-state index contributed by atoms with van der Waals surface area (Å²) in [6.45, 7) is 3.73. The van der Waals surface area contributed by atoms with Gasteiger partial charge in [0.05, 0.1) is 18.9 Å². The van der Waals surface area contributed by atoms with Crippen molar-refractivity contribution in [2.75, 3.05) is 44.8 Å². The minimum atomic E-state index is -0.116. The van der Waals surface area contributed by atoms with Crippen molar-refractivity contribution in [3.05, 3.63) is 22.2 Å². The van der Waals surface area contributed by atoms with Crippen LogP contribution in [0.25, 0.3) is 0 Å². The molecule has 0 spiro atoms. The predicted molar refractivity (Wildman–Crippen MR) is 70.1 cm³/mol. The van der Waals surface area contributed by atoms with Gasteiger partial charge in [0.25, 0.3) is 5.56 Å². The van der Waals surface area contributed by atoms with Crippen molar-refractivity contribution in [1.29, 1.82) is 0 Å². The number of aromatic nitrogens is 2. The Labute approximate surface area is 106 Å². The van der Waals surface area contributed by atoms with Gasteiger partial charge in [-0.3, -0.25) is 4.79 Å². The fraction of sp³-hybridized carbons (Fsp3) is 0.667. The highest BCUT2D eigenvalue weighted by Crippen LogP contribution is 2.08. The average molecular weight is 252 g/mol. The molecule has 0 unspecified atom stereocenters. The predicted octanol–water partition coefficient (Wildman–Crippen LogP) is -0.241. The van der Waals surface area contributed by atoms with Gasteiger partial charge >= 0.3 is 0 Å². The molecule has 0 aromatic carbocycles. The summed E-state index contributed by atoms with van der Waals surface area (Å²) in [5, 5.41) is 3.10. The fourth-order valence-corrected chi connectivity index (χ4v) is 2.00. The zero-order valence-corrected chi connectivity index (χ0v) is 10.7. The summed E-state index contributed by atoms with van der Waals surface area (Å²) in [6, 6.07) is 0. The summed E-state index contributed by atoms with van der Waals surface area (Å²) in [7, 11) is 1.93. The molecular weight excluding hydrogens is 232 g/mol. The van der Waals surface area contributed by atoms with Crippen LogP contribution >= 0.6 is 0 Å². The first kappa shape index (κ1) is 13.0. The van der Waals surface area contributed by atoms with Gasteiger partial charge in [-0.2, -0.15) is 0 Å². The van der Waals surface area contributed by atoms with Crippen LogP contribution in [0.3, 0.4) is 0 Å². The van der Waals surface area contributed by atoms with Gasteiger partial charge in [-0.05, 0) is 26.4 Å². The van der Waals surface area contributed by atoms with Crippen LogP contribution in [0.4, 0.5) is 5.82 Å². The van der Waals surface area contributed by atoms with Crippen molar-refractivity contribution in [2.45, 2.75) is 12.8 Å². The van der Waals surface area contributed by atoms with Gasteiger partial charge in [0, 0.05) is 19.3 Å². The third-order valence-corrected chi connectivity index (χ3v) is 2.99. The number of hydrogen-bond donors (Lipinski definition) is 2. The lowest BCUT2D eigenvalue weighted by atomic mass is 10.2. The quantitative estimate of drug-likeness (QED) is 0.708. The van der Waals surface area contributed by atoms with E-state index in [4.69, 9.17) is 4.74 Å². The highest BCUT2D eigenvalue weighted by Gasteiger charge is 2.16. The van der Waals surface area contributed by atoms with Crippen LogP contribution in [-0.2, 0) is 11.2 Å². The molecule has 0 radical (unpaired) electrons. The van der Waals surface area contributed by atoms with E-state index in [2.05, 4.69) is 15.3 Å². The number of nitrogens with one attached hydrogen (secondary N) is 2. The van der Waals surface area contributed by atoms with Crippen LogP contribution in [0.1, 0.15) is 12.1 Å². The number of nitrogens with zero attached hydrogens (tertiary/aromatic N) is 2. The second-order valence-corrected chi connectivity index (χ2v) is 4.35. The molecule has 1 aromatic heterocycles. The molecule has 1 fully saturated rings. The van der Waals surface area contributed by atoms with Gasteiger partial charge in [-0.1, -0.05) is 0 Å². The number of anilines is 1. The van der Waals surface area contributed by atoms with Crippen molar-refractivity contribution in [3.63, 3.8) is 0 Å². The lowest BCUT2D eigenvalue weighted by molar-refractivity contribution is 0.122. The Morgan fingerprint density at radius 2 is 2.28 bits per heavy atom. The Morgan fingerprint density at radius 1 is 1.50 bits per heavy atom. The fourth-order valence-electron chi connectivity index (χ4n) is 2.00. The van der Waals surface area contributed by atoms with E-state index in [-0.39, 0.29) is 5.56 Å². The van der Waals surface area contributed by atoms with Crippen molar-refractivity contribution < 1.29 is 4.74 Å². The van der Waals surface area contributed by atoms with E-state index >= 15 is 0 Å². The first-order chi connectivity index (χ1) is 8.81. The van der Waals surface area contributed by atoms with Crippen molar-refractivity contribution in [2.24, 2.45) is 0 Å². The van der Waals surface area contributed by atoms with E-state index in [1.54, 1.807) is 6.20 Å². The molecule has 0 saturated carbocycles. The summed E-state index contributed by atoms with van der Waals surface area (Å²) >= 11 is 0. The number of morpholine rings is 1. The topological polar surface area (TPSA) is 70.2 Å². The van der Waals surface area contributed by atoms with E-state index in [1.807, 2.05) is 11.9 Å². The zero-order chi connectivity index (χ0) is 12.8. The lowest BCUT2D eigenvalue weighted by Gasteiger charge is -2.27. The molecule has 18 heavy (non-hydrogen) atoms. The highest BCUT2D eigenvalue weighted by molar-refractivity contribution is 5.36. The molecule has 1 aliphatic rings. The smallest absolute Gasteiger partial charge is 0.290 e. The summed E-state index contributed by atoms with van der Waals surface area (Å²) in [6.07, 6.45) is 3.59. The summed E-state index contributed by atoms with van der Waals surface area (Å²) in [5.41, 5.74) is 0.820. The molecule has 1 aromatic rings. The van der Waals surface area contributed by atoms with Gasteiger partial charge in [-0.25, -0.2) is 4.98 Å². The molecule has 0 atom stereocenters. The Kier molecular flexibility index (Phi) is 4.72. The Hall–Kier alpha value is -1.40. The molecule has 6 heteroatoms. The number of aryl methyl sites for hydroxylation is 1. The maximum Gasteiger partial charge on any atom is 0.290 e. The van der Waals surface area contributed by atoms with E-state index in [0.29, 0.717) is 19.0 Å². The van der Waals surface area contributed by atoms with Crippen LogP contribution in [0.15, 0.2) is 11.0 Å². The van der Waals surface area contributed by atoms with E-state index in [1.165, 1.54) is 0 Å². The minimum absolute atomic E-state index is 0.116. The molecule has 1 aliphatic heterocycles. The monoisotopic (exact) mass is 252 g/mol. The number of rotatable bonds is 5. The average Bonchev–Trinajstić information content (AvgIpc) is 2.42. The molecule has 2 N–H and O–H groups in total. The molecule has 6 nitrogen and oxygen atoms in total. The Bertz CT molecular complexity index is 426. The molecule has 0 amide bonds. The van der Waals surface area contributed by atoms with Crippen LogP contribution in [0.5, 0.6) is 0 Å². The second kappa shape index (κ2) is 6.51. The molecule has 100 valence electrons. The molecular formula is C12H20N4O2. The Balaban J connectivity index is 2.08. The van der Waals surface area contributed by atoms with E-state index < -0.39 is 0 Å². The maximum absolute atomic E-state index is 11.8. The standard InChI is InChI=1S/C12H20N4O2/c1-13-4-2-3-10-9-14-12(17)11(15-10)16-5-7-18-8-6-16/h9,13H,2-8H2,1H3,(H,14,17). The van der Waals surface area contributed by atoms with Crippen molar-refractivity contribution >= 4 is 5.82 Å². The maximum atomic E-state index is 11.8. The SMILES string of the molecule is CNCCCc1c[nH]c(=O)c(N2CCOCC2)n1. The minimum Gasteiger partial charge on any atom is -0.378 e. The molecule has 1 saturated heterocycles. The van der Waals surface area contributed by atoms with Crippen LogP contribution in [-0.4, -0.2) is 49.9 Å². The summed E-state index contributed by atoms with van der Waals surface area (Å²) < 4.78 is 5.28. The van der Waals surface area contributed by atoms with Crippen LogP contribution < -0.4 is 15.8 Å². The zero-order valence-electron chi connectivity index (χ0n) is 10.7. The highest BCUT2D eigenvalue weighted by atomic mass is 16.5. The molecule has 0 aliphatic carbocycles. The van der Waals surface area contributed by atoms with Crippen molar-refractivity contribution in [1.82, 2.24) is 15.3 Å². The molecule has 0 bridgehead atoms. The second-order valence-electron chi connectivity index (χ2n) is 4.35. The van der Waals surface area contributed by atoms with Crippen LogP contribution in [0.2, 0.25) is 0 Å². The van der Waals surface area contributed by atoms with Crippen molar-refractivity contribution in [3.8, 4) is 0 Å². The summed E-state index contributed by atoms with van der Waals surface area (Å²) in [5.74, 6) is 0.528. The summed E-state index contributed by atoms with van der Waals surface area (Å²) in [4.78, 5) is 21.0. The Morgan fingerprint density at radius 3 is 3.00 bits per heavy atom. The lowest BCUT2D eigenvalue weighted by Crippen LogP contribution is -2.40. The number of hydrogen-bond acceptors (Lipinski definition) is 5. The van der Waals surface area contributed by atoms with Crippen LogP contribution in [0, 0.1) is 0 Å². The van der Waals surface area contributed by atoms with E-state index in [0.717, 1.165) is 38.2 Å². The number of ether oxygens (including phenoxy) is 1. The van der Waals surface area contributed by atoms with Gasteiger partial charge < -0.3 is 19.9 Å². The van der Waals surface area contributed by atoms with Gasteiger partial charge in [-0.15, -0.1) is 0 Å². The number of H-pyrrole nitrogens is 1. The molecule has 2 heterocycles.